The van der Waals surface area contributed by atoms with Gasteiger partial charge in [0.2, 0.25) is 21.8 Å². The molecule has 1 aromatic rings. The van der Waals surface area contributed by atoms with Gasteiger partial charge in [0.15, 0.2) is 0 Å². The van der Waals surface area contributed by atoms with Crippen LogP contribution in [-0.4, -0.2) is 61.9 Å². The third-order valence-corrected chi connectivity index (χ3v) is 6.37. The van der Waals surface area contributed by atoms with Gasteiger partial charge in [-0.25, -0.2) is 8.42 Å². The lowest BCUT2D eigenvalue weighted by molar-refractivity contribution is -0.121. The van der Waals surface area contributed by atoms with Crippen molar-refractivity contribution in [3.05, 3.63) is 29.8 Å². The molecule has 0 saturated carbocycles. The number of carbonyl (C=O) groups excluding carboxylic acids is 3. The Morgan fingerprint density at radius 1 is 1.18 bits per heavy atom. The van der Waals surface area contributed by atoms with Crippen molar-refractivity contribution in [3.63, 3.8) is 0 Å². The van der Waals surface area contributed by atoms with Crippen LogP contribution in [0.15, 0.2) is 24.3 Å². The smallest absolute Gasteiger partial charge is 0.251 e. The number of carbonyl (C=O) groups is 3. The van der Waals surface area contributed by atoms with Crippen LogP contribution in [0.5, 0.6) is 0 Å². The molecule has 0 spiro atoms. The molecule has 2 atom stereocenters. The van der Waals surface area contributed by atoms with Crippen molar-refractivity contribution in [2.75, 3.05) is 24.2 Å². The summed E-state index contributed by atoms with van der Waals surface area (Å²) in [4.78, 5) is 37.8. The summed E-state index contributed by atoms with van der Waals surface area (Å²) < 4.78 is 24.7. The fourth-order valence-corrected chi connectivity index (χ4v) is 4.78. The Kier molecular flexibility index (Phi) is 5.71. The van der Waals surface area contributed by atoms with Crippen molar-refractivity contribution in [2.24, 2.45) is 5.73 Å². The third kappa shape index (κ3) is 4.33. The molecule has 2 aliphatic heterocycles. The van der Waals surface area contributed by atoms with E-state index in [4.69, 9.17) is 5.73 Å². The van der Waals surface area contributed by atoms with E-state index >= 15 is 0 Å². The first kappa shape index (κ1) is 20.3. The molecule has 152 valence electrons. The quantitative estimate of drug-likeness (QED) is 0.698. The highest BCUT2D eigenvalue weighted by atomic mass is 32.2. The van der Waals surface area contributed by atoms with Crippen LogP contribution < -0.4 is 16.0 Å². The molecule has 2 aliphatic rings. The molecular formula is C18H24N4O5S. The standard InChI is InChI=1S/C18H24N4O5S/c1-28(26,27)22-11-13(10-15(22)17(19)24)20-18(25)12-5-7-14(8-6-12)21-9-3-2-4-16(21)23/h5-8,13,15H,2-4,9-11H2,1H3,(H2,19,24)(H,20,25). The zero-order valence-electron chi connectivity index (χ0n) is 15.6. The molecule has 0 bridgehead atoms. The van der Waals surface area contributed by atoms with Crippen molar-refractivity contribution in [1.29, 1.82) is 0 Å². The molecule has 0 radical (unpaired) electrons. The van der Waals surface area contributed by atoms with Crippen LogP contribution in [0.4, 0.5) is 5.69 Å². The number of rotatable bonds is 5. The average molecular weight is 408 g/mol. The molecule has 2 fully saturated rings. The van der Waals surface area contributed by atoms with Crippen LogP contribution >= 0.6 is 0 Å². The first-order valence-corrected chi connectivity index (χ1v) is 11.0. The third-order valence-electron chi connectivity index (χ3n) is 5.11. The van der Waals surface area contributed by atoms with Gasteiger partial charge in [0, 0.05) is 36.8 Å². The lowest BCUT2D eigenvalue weighted by Crippen LogP contribution is -2.43. The van der Waals surface area contributed by atoms with Gasteiger partial charge in [-0.05, 0) is 43.5 Å². The van der Waals surface area contributed by atoms with Gasteiger partial charge in [-0.15, -0.1) is 0 Å². The number of amides is 3. The number of primary amides is 1. The highest BCUT2D eigenvalue weighted by Crippen LogP contribution is 2.23. The predicted molar refractivity (Wildman–Crippen MR) is 103 cm³/mol. The highest BCUT2D eigenvalue weighted by molar-refractivity contribution is 7.88. The first-order chi connectivity index (χ1) is 13.2. The molecule has 0 aliphatic carbocycles. The van der Waals surface area contributed by atoms with Crippen LogP contribution in [-0.2, 0) is 19.6 Å². The molecule has 0 aromatic heterocycles. The van der Waals surface area contributed by atoms with Crippen LogP contribution in [0, 0.1) is 0 Å². The molecular weight excluding hydrogens is 384 g/mol. The monoisotopic (exact) mass is 408 g/mol. The summed E-state index contributed by atoms with van der Waals surface area (Å²) in [6, 6.07) is 5.22. The van der Waals surface area contributed by atoms with Crippen LogP contribution in [0.3, 0.4) is 0 Å². The van der Waals surface area contributed by atoms with Gasteiger partial charge < -0.3 is 16.0 Å². The molecule has 1 aromatic carbocycles. The van der Waals surface area contributed by atoms with E-state index in [0.29, 0.717) is 18.5 Å². The fraction of sp³-hybridized carbons (Fsp3) is 0.500. The maximum atomic E-state index is 12.5. The van der Waals surface area contributed by atoms with Gasteiger partial charge in [-0.2, -0.15) is 4.31 Å². The summed E-state index contributed by atoms with van der Waals surface area (Å²) in [5, 5.41) is 2.76. The molecule has 3 amide bonds. The Morgan fingerprint density at radius 3 is 2.39 bits per heavy atom. The lowest BCUT2D eigenvalue weighted by Gasteiger charge is -2.26. The van der Waals surface area contributed by atoms with E-state index in [1.807, 2.05) is 0 Å². The van der Waals surface area contributed by atoms with E-state index in [9.17, 15) is 22.8 Å². The number of piperidine rings is 1. The molecule has 10 heteroatoms. The summed E-state index contributed by atoms with van der Waals surface area (Å²) in [5.41, 5.74) is 6.44. The van der Waals surface area contributed by atoms with Crippen molar-refractivity contribution in [2.45, 2.75) is 37.8 Å². The maximum Gasteiger partial charge on any atom is 0.251 e. The molecule has 9 nitrogen and oxygen atoms in total. The van der Waals surface area contributed by atoms with Crippen LogP contribution in [0.25, 0.3) is 0 Å². The summed E-state index contributed by atoms with van der Waals surface area (Å²) in [5.74, 6) is -1.04. The lowest BCUT2D eigenvalue weighted by atomic mass is 10.1. The predicted octanol–water partition coefficient (Wildman–Crippen LogP) is -0.179. The number of nitrogens with zero attached hydrogens (tertiary/aromatic N) is 2. The second-order valence-corrected chi connectivity index (χ2v) is 9.14. The zero-order chi connectivity index (χ0) is 20.5. The van der Waals surface area contributed by atoms with Gasteiger partial charge in [0.25, 0.3) is 5.91 Å². The van der Waals surface area contributed by atoms with Crippen molar-refractivity contribution in [3.8, 4) is 0 Å². The summed E-state index contributed by atoms with van der Waals surface area (Å²) >= 11 is 0. The molecule has 2 unspecified atom stereocenters. The fourth-order valence-electron chi connectivity index (χ4n) is 3.68. The number of hydrogen-bond acceptors (Lipinski definition) is 5. The number of sulfonamides is 1. The second-order valence-electron chi connectivity index (χ2n) is 7.21. The normalized spacial score (nSPS) is 23.6. The first-order valence-electron chi connectivity index (χ1n) is 9.14. The van der Waals surface area contributed by atoms with Gasteiger partial charge in [0.1, 0.15) is 6.04 Å². The maximum absolute atomic E-state index is 12.5. The van der Waals surface area contributed by atoms with Gasteiger partial charge in [-0.1, -0.05) is 0 Å². The van der Waals surface area contributed by atoms with E-state index in [0.717, 1.165) is 29.1 Å². The number of nitrogens with one attached hydrogen (secondary N) is 1. The second kappa shape index (κ2) is 7.88. The Bertz CT molecular complexity index is 884. The van der Waals surface area contributed by atoms with Gasteiger partial charge in [0.05, 0.1) is 6.26 Å². The van der Waals surface area contributed by atoms with Crippen LogP contribution in [0.1, 0.15) is 36.0 Å². The molecule has 28 heavy (non-hydrogen) atoms. The average Bonchev–Trinajstić information content (AvgIpc) is 3.07. The number of benzene rings is 1. The van der Waals surface area contributed by atoms with E-state index in [1.54, 1.807) is 29.2 Å². The summed E-state index contributed by atoms with van der Waals surface area (Å²) in [6.07, 6.45) is 3.52. The van der Waals surface area contributed by atoms with E-state index in [2.05, 4.69) is 5.32 Å². The van der Waals surface area contributed by atoms with E-state index in [1.165, 1.54) is 0 Å². The molecule has 2 heterocycles. The summed E-state index contributed by atoms with van der Waals surface area (Å²) in [7, 11) is -3.61. The Labute approximate surface area is 163 Å². The summed E-state index contributed by atoms with van der Waals surface area (Å²) in [6.45, 7) is 0.667. The van der Waals surface area contributed by atoms with E-state index in [-0.39, 0.29) is 24.8 Å². The van der Waals surface area contributed by atoms with Crippen molar-refractivity contribution < 1.29 is 22.8 Å². The Hall–Kier alpha value is -2.46. The van der Waals surface area contributed by atoms with E-state index < -0.39 is 28.0 Å². The minimum Gasteiger partial charge on any atom is -0.368 e. The van der Waals surface area contributed by atoms with Crippen LogP contribution in [0.2, 0.25) is 0 Å². The highest BCUT2D eigenvalue weighted by Gasteiger charge is 2.41. The minimum absolute atomic E-state index is 0.00145. The van der Waals surface area contributed by atoms with Gasteiger partial charge >= 0.3 is 0 Å². The number of anilines is 1. The SMILES string of the molecule is CS(=O)(=O)N1CC(NC(=O)c2ccc(N3CCCCC3=O)cc2)CC1C(N)=O. The number of nitrogens with two attached hydrogens (primary N) is 1. The molecule has 2 saturated heterocycles. The molecule has 3 rings (SSSR count). The zero-order valence-corrected chi connectivity index (χ0v) is 16.4. The Balaban J connectivity index is 1.66. The van der Waals surface area contributed by atoms with Crippen molar-refractivity contribution >= 4 is 33.4 Å². The topological polar surface area (TPSA) is 130 Å². The van der Waals surface area contributed by atoms with Crippen molar-refractivity contribution in [1.82, 2.24) is 9.62 Å². The van der Waals surface area contributed by atoms with Gasteiger partial charge in [-0.3, -0.25) is 14.4 Å². The molecule has 3 N–H and O–H groups in total. The minimum atomic E-state index is -3.61. The Morgan fingerprint density at radius 2 is 1.86 bits per heavy atom. The number of hydrogen-bond donors (Lipinski definition) is 2. The largest absolute Gasteiger partial charge is 0.368 e.